The molecule has 15 heavy (non-hydrogen) atoms. The number of hydrogen-bond donors (Lipinski definition) is 0. The third-order valence-corrected chi connectivity index (χ3v) is 2.33. The zero-order valence-corrected chi connectivity index (χ0v) is 7.56. The van der Waals surface area contributed by atoms with Crippen molar-refractivity contribution in [2.24, 2.45) is 4.99 Å². The van der Waals surface area contributed by atoms with Crippen LogP contribution in [0.15, 0.2) is 29.3 Å². The maximum atomic E-state index is 11.5. The van der Waals surface area contributed by atoms with Crippen LogP contribution < -0.4 is 15.3 Å². The lowest BCUT2D eigenvalue weighted by Crippen LogP contribution is -2.20. The second kappa shape index (κ2) is 2.63. The lowest BCUT2D eigenvalue weighted by atomic mass is 10.0. The summed E-state index contributed by atoms with van der Waals surface area (Å²) >= 11 is 0. The Morgan fingerprint density at radius 3 is 2.93 bits per heavy atom. The van der Waals surface area contributed by atoms with E-state index in [1.54, 1.807) is 24.3 Å². The van der Waals surface area contributed by atoms with Gasteiger partial charge >= 0.3 is 6.09 Å². The van der Waals surface area contributed by atoms with E-state index in [-0.39, 0.29) is 5.78 Å². The molecule has 1 aromatic rings. The number of benzene rings is 1. The summed E-state index contributed by atoms with van der Waals surface area (Å²) in [5.41, 5.74) is 0.554. The van der Waals surface area contributed by atoms with Crippen LogP contribution in [0.2, 0.25) is 0 Å². The summed E-state index contributed by atoms with van der Waals surface area (Å²) in [4.78, 5) is 26.0. The molecule has 0 saturated heterocycles. The molecule has 3 rings (SSSR count). The SMILES string of the molecule is O=C1N=c2cc3c(cc2O1)=CC=CC3=O. The van der Waals surface area contributed by atoms with E-state index in [1.165, 1.54) is 6.08 Å². The van der Waals surface area contributed by atoms with Crippen LogP contribution in [0.25, 0.3) is 6.08 Å². The molecule has 0 N–H and O–H groups in total. The topological polar surface area (TPSA) is 55.7 Å². The van der Waals surface area contributed by atoms with Crippen LogP contribution in [-0.4, -0.2) is 11.9 Å². The van der Waals surface area contributed by atoms with Crippen LogP contribution in [0.5, 0.6) is 5.75 Å². The summed E-state index contributed by atoms with van der Waals surface area (Å²) in [5.74, 6) is 0.336. The van der Waals surface area contributed by atoms with E-state index in [0.717, 1.165) is 5.22 Å². The Balaban J connectivity index is 2.39. The third-order valence-electron chi connectivity index (χ3n) is 2.33. The number of allylic oxidation sites excluding steroid dienone is 2. The molecular weight excluding hydrogens is 194 g/mol. The maximum Gasteiger partial charge on any atom is 0.439 e. The molecule has 4 heteroatoms. The number of amides is 1. The van der Waals surface area contributed by atoms with E-state index in [2.05, 4.69) is 4.99 Å². The summed E-state index contributed by atoms with van der Waals surface area (Å²) in [5, 5.41) is 1.18. The number of carbonyl (C=O) groups is 2. The molecule has 0 bridgehead atoms. The zero-order chi connectivity index (χ0) is 10.4. The molecule has 1 aromatic carbocycles. The zero-order valence-electron chi connectivity index (χ0n) is 7.56. The van der Waals surface area contributed by atoms with Crippen LogP contribution in [-0.2, 0) is 0 Å². The van der Waals surface area contributed by atoms with Crippen molar-refractivity contribution in [3.05, 3.63) is 40.4 Å². The first-order valence-corrected chi connectivity index (χ1v) is 4.41. The van der Waals surface area contributed by atoms with Crippen molar-refractivity contribution >= 4 is 18.0 Å². The minimum atomic E-state index is -0.632. The maximum absolute atomic E-state index is 11.5. The fraction of sp³-hybridized carbons (Fsp3) is 0. The first kappa shape index (κ1) is 8.11. The highest BCUT2D eigenvalue weighted by Gasteiger charge is 2.17. The molecule has 0 spiro atoms. The molecule has 1 heterocycles. The molecule has 1 amide bonds. The van der Waals surface area contributed by atoms with Gasteiger partial charge in [0.15, 0.2) is 11.5 Å². The number of ketones is 1. The Morgan fingerprint density at radius 2 is 2.07 bits per heavy atom. The average Bonchev–Trinajstić information content (AvgIpc) is 2.55. The van der Waals surface area contributed by atoms with Gasteiger partial charge in [0.25, 0.3) is 0 Å². The fourth-order valence-corrected chi connectivity index (χ4v) is 1.65. The van der Waals surface area contributed by atoms with Crippen LogP contribution in [0.4, 0.5) is 4.79 Å². The molecule has 0 fully saturated rings. The van der Waals surface area contributed by atoms with E-state index < -0.39 is 6.09 Å². The predicted octanol–water partition coefficient (Wildman–Crippen LogP) is 0.352. The Hall–Kier alpha value is -2.23. The number of hydrogen-bond acceptors (Lipinski definition) is 3. The first-order chi connectivity index (χ1) is 7.24. The fourth-order valence-electron chi connectivity index (χ4n) is 1.65. The molecule has 1 aliphatic heterocycles. The van der Waals surface area contributed by atoms with Crippen molar-refractivity contribution in [1.82, 2.24) is 0 Å². The minimum absolute atomic E-state index is 0.0788. The van der Waals surface area contributed by atoms with Gasteiger partial charge in [-0.25, -0.2) is 4.79 Å². The van der Waals surface area contributed by atoms with Crippen LogP contribution in [0.3, 0.4) is 0 Å². The second-order valence-corrected chi connectivity index (χ2v) is 3.28. The minimum Gasteiger partial charge on any atom is -0.406 e. The summed E-state index contributed by atoms with van der Waals surface area (Å²) in [6, 6.07) is 3.23. The van der Waals surface area contributed by atoms with Crippen molar-refractivity contribution in [3.63, 3.8) is 0 Å². The van der Waals surface area contributed by atoms with E-state index in [9.17, 15) is 9.59 Å². The van der Waals surface area contributed by atoms with E-state index in [0.29, 0.717) is 16.7 Å². The summed E-state index contributed by atoms with van der Waals surface area (Å²) in [6.07, 6.45) is 4.31. The van der Waals surface area contributed by atoms with Crippen LogP contribution in [0.1, 0.15) is 10.4 Å². The van der Waals surface area contributed by atoms with Gasteiger partial charge in [-0.15, -0.1) is 0 Å². The van der Waals surface area contributed by atoms with Crippen molar-refractivity contribution in [3.8, 4) is 5.75 Å². The Kier molecular flexibility index (Phi) is 1.42. The second-order valence-electron chi connectivity index (χ2n) is 3.28. The molecule has 0 aromatic heterocycles. The smallest absolute Gasteiger partial charge is 0.406 e. The number of rotatable bonds is 0. The van der Waals surface area contributed by atoms with Gasteiger partial charge in [-0.3, -0.25) is 4.79 Å². The van der Waals surface area contributed by atoms with Crippen molar-refractivity contribution in [1.29, 1.82) is 0 Å². The molecule has 72 valence electrons. The molecule has 0 radical (unpaired) electrons. The van der Waals surface area contributed by atoms with E-state index >= 15 is 0 Å². The molecular formula is C11H5NO3. The number of fused-ring (bicyclic) bond motifs is 2. The summed E-state index contributed by atoms with van der Waals surface area (Å²) < 4.78 is 4.85. The highest BCUT2D eigenvalue weighted by Crippen LogP contribution is 2.09. The molecule has 4 nitrogen and oxygen atoms in total. The van der Waals surface area contributed by atoms with Crippen molar-refractivity contribution < 1.29 is 14.3 Å². The van der Waals surface area contributed by atoms with E-state index in [4.69, 9.17) is 4.74 Å². The van der Waals surface area contributed by atoms with Gasteiger partial charge in [-0.1, -0.05) is 12.2 Å². The van der Waals surface area contributed by atoms with Gasteiger partial charge < -0.3 is 4.74 Å². The molecule has 0 unspecified atom stereocenters. The standard InChI is InChI=1S/C11H5NO3/c13-9-3-1-2-6-4-10-8(5-7(6)9)12-11(14)15-10/h1-5H. The van der Waals surface area contributed by atoms with Gasteiger partial charge in [0.2, 0.25) is 0 Å². The lowest BCUT2D eigenvalue weighted by molar-refractivity contribution is 0.104. The van der Waals surface area contributed by atoms with Gasteiger partial charge in [-0.2, -0.15) is 4.99 Å². The van der Waals surface area contributed by atoms with Crippen LogP contribution in [0, 0.1) is 0 Å². The average molecular weight is 199 g/mol. The third kappa shape index (κ3) is 1.11. The molecule has 0 atom stereocenters. The number of nitrogens with zero attached hydrogens (tertiary/aromatic N) is 1. The van der Waals surface area contributed by atoms with Crippen molar-refractivity contribution in [2.75, 3.05) is 0 Å². The first-order valence-electron chi connectivity index (χ1n) is 4.41. The molecule has 2 aliphatic rings. The quantitative estimate of drug-likeness (QED) is 0.605. The van der Waals surface area contributed by atoms with Gasteiger partial charge in [0, 0.05) is 5.56 Å². The molecule has 0 saturated carbocycles. The largest absolute Gasteiger partial charge is 0.439 e. The normalized spacial score (nSPS) is 16.3. The van der Waals surface area contributed by atoms with Crippen LogP contribution >= 0.6 is 0 Å². The predicted molar refractivity (Wildman–Crippen MR) is 51.2 cm³/mol. The Labute approximate surface area is 84.2 Å². The molecule has 1 aliphatic carbocycles. The van der Waals surface area contributed by atoms with Gasteiger partial charge in [0.1, 0.15) is 5.36 Å². The summed E-state index contributed by atoms with van der Waals surface area (Å²) in [6.45, 7) is 0. The Morgan fingerprint density at radius 1 is 1.20 bits per heavy atom. The highest BCUT2D eigenvalue weighted by molar-refractivity contribution is 6.07. The summed E-state index contributed by atoms with van der Waals surface area (Å²) in [7, 11) is 0. The van der Waals surface area contributed by atoms with Crippen molar-refractivity contribution in [2.45, 2.75) is 0 Å². The van der Waals surface area contributed by atoms with Gasteiger partial charge in [0.05, 0.1) is 0 Å². The highest BCUT2D eigenvalue weighted by atomic mass is 16.6. The van der Waals surface area contributed by atoms with Gasteiger partial charge in [-0.05, 0) is 23.4 Å². The van der Waals surface area contributed by atoms with E-state index in [1.807, 2.05) is 0 Å². The number of carbonyl (C=O) groups excluding carboxylic acids is 2. The monoisotopic (exact) mass is 199 g/mol. The number of ether oxygens (including phenoxy) is 1. The Bertz CT molecular complexity index is 641. The lowest BCUT2D eigenvalue weighted by Gasteiger charge is -2.02.